The van der Waals surface area contributed by atoms with E-state index in [-0.39, 0.29) is 11.5 Å². The predicted molar refractivity (Wildman–Crippen MR) is 78.9 cm³/mol. The van der Waals surface area contributed by atoms with E-state index < -0.39 is 0 Å². The van der Waals surface area contributed by atoms with E-state index in [4.69, 9.17) is 5.73 Å². The van der Waals surface area contributed by atoms with Crippen molar-refractivity contribution in [3.05, 3.63) is 33.8 Å². The molecule has 1 saturated heterocycles. The Kier molecular flexibility index (Phi) is 3.04. The summed E-state index contributed by atoms with van der Waals surface area (Å²) in [7, 11) is 2.17. The van der Waals surface area contributed by atoms with E-state index in [0.717, 1.165) is 0 Å². The predicted octanol–water partition coefficient (Wildman–Crippen LogP) is 2.86. The van der Waals surface area contributed by atoms with Crippen LogP contribution in [0, 0.1) is 0 Å². The Hall–Kier alpha value is -0.380. The number of rotatable bonds is 3. The number of likely N-dealkylation sites (N-methyl/N-ethyl adjacent to an activating group) is 1. The second-order valence-corrected chi connectivity index (χ2v) is 6.95. The highest BCUT2D eigenvalue weighted by molar-refractivity contribution is 9.10. The standard InChI is InChI=1S/C15H21BrN2/c1-10(17)15(5-6-15)12-3-4-13(14(16)7-12)11-8-18(2)9-11/h3-4,7,10-11H,5-6,8-9,17H2,1-2H3. The van der Waals surface area contributed by atoms with Crippen LogP contribution >= 0.6 is 15.9 Å². The van der Waals surface area contributed by atoms with E-state index >= 15 is 0 Å². The monoisotopic (exact) mass is 308 g/mol. The molecule has 2 N–H and O–H groups in total. The molecule has 18 heavy (non-hydrogen) atoms. The summed E-state index contributed by atoms with van der Waals surface area (Å²) in [5.41, 5.74) is 9.28. The third-order valence-electron chi connectivity index (χ3n) is 4.74. The lowest BCUT2D eigenvalue weighted by molar-refractivity contribution is 0.189. The number of benzene rings is 1. The molecular formula is C15H21BrN2. The van der Waals surface area contributed by atoms with Gasteiger partial charge in [0, 0.05) is 34.9 Å². The van der Waals surface area contributed by atoms with Crippen molar-refractivity contribution in [3.8, 4) is 0 Å². The Morgan fingerprint density at radius 2 is 2.06 bits per heavy atom. The van der Waals surface area contributed by atoms with E-state index in [2.05, 4.69) is 53.0 Å². The van der Waals surface area contributed by atoms with Crippen molar-refractivity contribution in [2.75, 3.05) is 20.1 Å². The van der Waals surface area contributed by atoms with Crippen LogP contribution in [0.1, 0.15) is 36.8 Å². The molecule has 1 aromatic carbocycles. The molecule has 0 bridgehead atoms. The topological polar surface area (TPSA) is 29.3 Å². The molecule has 98 valence electrons. The van der Waals surface area contributed by atoms with Crippen LogP contribution < -0.4 is 5.73 Å². The molecule has 2 fully saturated rings. The number of likely N-dealkylation sites (tertiary alicyclic amines) is 1. The van der Waals surface area contributed by atoms with Crippen LogP contribution in [0.5, 0.6) is 0 Å². The zero-order valence-electron chi connectivity index (χ0n) is 11.1. The van der Waals surface area contributed by atoms with Gasteiger partial charge in [-0.05, 0) is 44.0 Å². The minimum Gasteiger partial charge on any atom is -0.327 e. The Morgan fingerprint density at radius 1 is 1.39 bits per heavy atom. The van der Waals surface area contributed by atoms with Crippen LogP contribution in [0.4, 0.5) is 0 Å². The minimum absolute atomic E-state index is 0.255. The first-order valence-electron chi connectivity index (χ1n) is 6.77. The third-order valence-corrected chi connectivity index (χ3v) is 5.43. The Bertz CT molecular complexity index is 460. The summed E-state index contributed by atoms with van der Waals surface area (Å²) in [4.78, 5) is 2.36. The highest BCUT2D eigenvalue weighted by atomic mass is 79.9. The third kappa shape index (κ3) is 1.93. The fraction of sp³-hybridized carbons (Fsp3) is 0.600. The van der Waals surface area contributed by atoms with Crippen LogP contribution in [0.25, 0.3) is 0 Å². The fourth-order valence-electron chi connectivity index (χ4n) is 3.21. The van der Waals surface area contributed by atoms with Gasteiger partial charge in [0.2, 0.25) is 0 Å². The van der Waals surface area contributed by atoms with Crippen molar-refractivity contribution >= 4 is 15.9 Å². The maximum Gasteiger partial charge on any atom is 0.0214 e. The number of hydrogen-bond donors (Lipinski definition) is 1. The van der Waals surface area contributed by atoms with Crippen LogP contribution in [0.15, 0.2) is 22.7 Å². The Labute approximate surface area is 118 Å². The smallest absolute Gasteiger partial charge is 0.0214 e. The average Bonchev–Trinajstić information content (AvgIpc) is 3.06. The molecule has 1 atom stereocenters. The van der Waals surface area contributed by atoms with Crippen molar-refractivity contribution < 1.29 is 0 Å². The van der Waals surface area contributed by atoms with Crippen molar-refractivity contribution in [2.45, 2.75) is 37.1 Å². The summed E-state index contributed by atoms with van der Waals surface area (Å²) in [5.74, 6) is 0.698. The number of nitrogens with two attached hydrogens (primary N) is 1. The second-order valence-electron chi connectivity index (χ2n) is 6.10. The van der Waals surface area contributed by atoms with Crippen molar-refractivity contribution in [1.29, 1.82) is 0 Å². The highest BCUT2D eigenvalue weighted by Crippen LogP contribution is 2.51. The van der Waals surface area contributed by atoms with E-state index in [0.29, 0.717) is 5.92 Å². The van der Waals surface area contributed by atoms with Gasteiger partial charge in [-0.3, -0.25) is 0 Å². The molecule has 0 aromatic heterocycles. The van der Waals surface area contributed by atoms with Gasteiger partial charge < -0.3 is 10.6 Å². The van der Waals surface area contributed by atoms with Crippen LogP contribution in [0.2, 0.25) is 0 Å². The zero-order valence-corrected chi connectivity index (χ0v) is 12.7. The SMILES string of the molecule is CC(N)C1(c2ccc(C3CN(C)C3)c(Br)c2)CC1. The molecule has 1 saturated carbocycles. The van der Waals surface area contributed by atoms with E-state index in [1.165, 1.54) is 41.5 Å². The lowest BCUT2D eigenvalue weighted by Gasteiger charge is -2.37. The molecule has 1 aliphatic carbocycles. The molecule has 1 aliphatic heterocycles. The maximum absolute atomic E-state index is 6.15. The summed E-state index contributed by atoms with van der Waals surface area (Å²) in [6, 6.07) is 7.17. The molecule has 1 unspecified atom stereocenters. The number of hydrogen-bond acceptors (Lipinski definition) is 2. The first-order chi connectivity index (χ1) is 8.53. The minimum atomic E-state index is 0.255. The van der Waals surface area contributed by atoms with Gasteiger partial charge in [-0.2, -0.15) is 0 Å². The molecule has 2 nitrogen and oxygen atoms in total. The van der Waals surface area contributed by atoms with Gasteiger partial charge in [-0.15, -0.1) is 0 Å². The van der Waals surface area contributed by atoms with E-state index in [1.807, 2.05) is 0 Å². The van der Waals surface area contributed by atoms with Crippen molar-refractivity contribution in [1.82, 2.24) is 4.90 Å². The van der Waals surface area contributed by atoms with Gasteiger partial charge in [-0.25, -0.2) is 0 Å². The normalized spacial score (nSPS) is 24.7. The molecule has 3 heteroatoms. The first kappa shape index (κ1) is 12.6. The van der Waals surface area contributed by atoms with Gasteiger partial charge >= 0.3 is 0 Å². The summed E-state index contributed by atoms with van der Waals surface area (Å²) in [5, 5.41) is 0. The molecule has 1 aromatic rings. The van der Waals surface area contributed by atoms with Gasteiger partial charge in [0.15, 0.2) is 0 Å². The average molecular weight is 309 g/mol. The van der Waals surface area contributed by atoms with Gasteiger partial charge in [0.1, 0.15) is 0 Å². The number of halogens is 1. The zero-order chi connectivity index (χ0) is 12.9. The quantitative estimate of drug-likeness (QED) is 0.930. The highest BCUT2D eigenvalue weighted by Gasteiger charge is 2.47. The molecule has 0 amide bonds. The Morgan fingerprint density at radius 3 is 2.50 bits per heavy atom. The van der Waals surface area contributed by atoms with Crippen LogP contribution in [0.3, 0.4) is 0 Å². The van der Waals surface area contributed by atoms with Gasteiger partial charge in [0.25, 0.3) is 0 Å². The molecule has 3 rings (SSSR count). The van der Waals surface area contributed by atoms with Gasteiger partial charge in [0.05, 0.1) is 0 Å². The molecular weight excluding hydrogens is 288 g/mol. The Balaban J connectivity index is 1.86. The summed E-state index contributed by atoms with van der Waals surface area (Å²) in [6.45, 7) is 4.49. The first-order valence-corrected chi connectivity index (χ1v) is 7.56. The molecule has 2 aliphatic rings. The van der Waals surface area contributed by atoms with E-state index in [9.17, 15) is 0 Å². The number of nitrogens with zero attached hydrogens (tertiary/aromatic N) is 1. The lowest BCUT2D eigenvalue weighted by Crippen LogP contribution is -2.41. The fourth-order valence-corrected chi connectivity index (χ4v) is 3.91. The molecule has 1 heterocycles. The summed E-state index contributed by atoms with van der Waals surface area (Å²) < 4.78 is 1.27. The van der Waals surface area contributed by atoms with Gasteiger partial charge in [-0.1, -0.05) is 28.1 Å². The molecule has 0 spiro atoms. The second kappa shape index (κ2) is 4.32. The summed E-state index contributed by atoms with van der Waals surface area (Å²) >= 11 is 3.75. The van der Waals surface area contributed by atoms with Crippen LogP contribution in [-0.2, 0) is 5.41 Å². The van der Waals surface area contributed by atoms with Crippen molar-refractivity contribution in [3.63, 3.8) is 0 Å². The lowest BCUT2D eigenvalue weighted by atomic mass is 9.86. The largest absolute Gasteiger partial charge is 0.327 e. The molecule has 0 radical (unpaired) electrons. The maximum atomic E-state index is 6.15. The van der Waals surface area contributed by atoms with E-state index in [1.54, 1.807) is 0 Å². The van der Waals surface area contributed by atoms with Crippen molar-refractivity contribution in [2.24, 2.45) is 5.73 Å². The summed E-state index contributed by atoms with van der Waals surface area (Å²) in [6.07, 6.45) is 2.48. The van der Waals surface area contributed by atoms with Crippen LogP contribution in [-0.4, -0.2) is 31.1 Å².